The van der Waals surface area contributed by atoms with Gasteiger partial charge < -0.3 is 35.9 Å². The molecule has 1 aliphatic rings. The largest absolute Gasteiger partial charge is 0.616 e. The van der Waals surface area contributed by atoms with Gasteiger partial charge in [-0.1, -0.05) is 43.3 Å². The number of methoxy groups -OCH3 is 1. The van der Waals surface area contributed by atoms with Crippen LogP contribution in [-0.4, -0.2) is 70.9 Å². The van der Waals surface area contributed by atoms with Crippen LogP contribution in [0.5, 0.6) is 11.5 Å². The maximum atomic E-state index is 13.2. The van der Waals surface area contributed by atoms with Gasteiger partial charge in [0.25, 0.3) is 0 Å². The van der Waals surface area contributed by atoms with Crippen LogP contribution in [0.4, 0.5) is 18.0 Å². The Morgan fingerprint density at radius 2 is 1.54 bits per heavy atom. The molecule has 6 N–H and O–H groups in total. The first kappa shape index (κ1) is 38.7. The summed E-state index contributed by atoms with van der Waals surface area (Å²) in [5, 5.41) is 38.1. The number of ether oxygens (including phenoxy) is 2. The van der Waals surface area contributed by atoms with E-state index in [9.17, 15) is 32.8 Å². The number of carboxylic acids is 2. The van der Waals surface area contributed by atoms with Gasteiger partial charge in [-0.15, -0.1) is 0 Å². The molecular weight excluding hydrogens is 641 g/mol. The van der Waals surface area contributed by atoms with E-state index >= 15 is 0 Å². The van der Waals surface area contributed by atoms with Gasteiger partial charge in [-0.25, -0.2) is 19.0 Å². The van der Waals surface area contributed by atoms with Crippen molar-refractivity contribution in [3.63, 3.8) is 0 Å². The Morgan fingerprint density at radius 1 is 1.00 bits per heavy atom. The Bertz CT molecular complexity index is 1600. The van der Waals surface area contributed by atoms with Crippen LogP contribution in [0.3, 0.4) is 0 Å². The van der Waals surface area contributed by atoms with Gasteiger partial charge in [0.15, 0.2) is 0 Å². The number of alkyl halides is 3. The summed E-state index contributed by atoms with van der Waals surface area (Å²) in [4.78, 5) is 43.9. The van der Waals surface area contributed by atoms with E-state index in [0.29, 0.717) is 29.9 Å². The number of hydrogen-bond acceptors (Lipinski definition) is 8. The molecule has 3 aromatic rings. The number of quaternary nitrogens is 1. The van der Waals surface area contributed by atoms with Crippen LogP contribution in [0.2, 0.25) is 0 Å². The van der Waals surface area contributed by atoms with E-state index in [-0.39, 0.29) is 37.3 Å². The van der Waals surface area contributed by atoms with Crippen molar-refractivity contribution in [2.24, 2.45) is 5.73 Å². The second-order valence-electron chi connectivity index (χ2n) is 10.1. The van der Waals surface area contributed by atoms with Crippen LogP contribution in [0.1, 0.15) is 46.0 Å². The molecule has 1 aliphatic heterocycles. The molecule has 0 saturated heterocycles. The van der Waals surface area contributed by atoms with Crippen molar-refractivity contribution in [2.75, 3.05) is 20.2 Å². The number of rotatable bonds is 9. The van der Waals surface area contributed by atoms with E-state index in [1.54, 1.807) is 44.4 Å². The zero-order chi connectivity index (χ0) is 36.1. The van der Waals surface area contributed by atoms with E-state index < -0.39 is 34.7 Å². The quantitative estimate of drug-likeness (QED) is 0.0917. The lowest BCUT2D eigenvalue weighted by Crippen LogP contribution is -2.59. The Hall–Kier alpha value is -5.48. The maximum absolute atomic E-state index is 13.2. The number of hydrogen-bond donors (Lipinski definition) is 5. The van der Waals surface area contributed by atoms with Gasteiger partial charge in [-0.2, -0.15) is 13.2 Å². The molecule has 0 spiro atoms. The first-order valence-electron chi connectivity index (χ1n) is 14.3. The number of imide groups is 1. The smallest absolute Gasteiger partial charge is 0.490 e. The van der Waals surface area contributed by atoms with Crippen molar-refractivity contribution in [3.05, 3.63) is 99.8 Å². The van der Waals surface area contributed by atoms with Crippen LogP contribution in [0.15, 0.2) is 66.7 Å². The molecule has 1 atom stereocenters. The molecule has 0 bridgehead atoms. The number of carboxylic acid groups (broad SMARTS) is 2. The standard InChI is InChI=1S/C27H28N4O5.C3H6O2.C2HF3O2/c1-35-22-8-4-18(5-9-22)12-14-30-27(33)31(34)15-13-21-16-23(10-11-24(21)26(31)32)36-17-19-2-6-20(7-3-19)25(28)29;1-2-3(4)5;3-2(4,5)1(6)7/h2-11,16H,12-15,17H2,1H3,(H3,28,29)(H,30,33);2H2,1H3,(H,4,5);(H,6,7). The van der Waals surface area contributed by atoms with Crippen molar-refractivity contribution >= 4 is 29.7 Å². The molecular formula is C32H35F3N4O9. The summed E-state index contributed by atoms with van der Waals surface area (Å²) < 4.78 is 41.1. The lowest BCUT2D eigenvalue weighted by Gasteiger charge is -2.39. The molecule has 16 heteroatoms. The topological polar surface area (TPSA) is 212 Å². The molecule has 0 fully saturated rings. The number of aliphatic carboxylic acids is 2. The zero-order valence-corrected chi connectivity index (χ0v) is 26.0. The number of carbonyl (C=O) groups is 4. The van der Waals surface area contributed by atoms with Crippen LogP contribution in [0, 0.1) is 10.6 Å². The Morgan fingerprint density at radius 3 is 2.04 bits per heavy atom. The molecule has 1 heterocycles. The summed E-state index contributed by atoms with van der Waals surface area (Å²) >= 11 is 0. The number of hydroxylamine groups is 3. The second kappa shape index (κ2) is 17.4. The zero-order valence-electron chi connectivity index (χ0n) is 26.0. The minimum atomic E-state index is -5.08. The minimum Gasteiger partial charge on any atom is -0.616 e. The summed E-state index contributed by atoms with van der Waals surface area (Å²) in [7, 11) is 1.59. The molecule has 48 heavy (non-hydrogen) atoms. The Labute approximate surface area is 273 Å². The number of nitrogen functional groups attached to an aromatic ring is 1. The van der Waals surface area contributed by atoms with Crippen LogP contribution in [-0.2, 0) is 29.0 Å². The number of fused-ring (bicyclic) bond motifs is 1. The highest BCUT2D eigenvalue weighted by atomic mass is 19.4. The monoisotopic (exact) mass is 676 g/mol. The van der Waals surface area contributed by atoms with Gasteiger partial charge in [0.2, 0.25) is 0 Å². The van der Waals surface area contributed by atoms with E-state index in [0.717, 1.165) is 16.9 Å². The summed E-state index contributed by atoms with van der Waals surface area (Å²) in [6.45, 7) is 1.97. The maximum Gasteiger partial charge on any atom is 0.490 e. The molecule has 0 aliphatic carbocycles. The summed E-state index contributed by atoms with van der Waals surface area (Å²) in [6, 6.07) is 18.6. The number of amidine groups is 1. The number of carbonyl (C=O) groups excluding carboxylic acids is 2. The number of halogens is 3. The molecule has 4 rings (SSSR count). The van der Waals surface area contributed by atoms with E-state index in [4.69, 9.17) is 35.6 Å². The van der Waals surface area contributed by atoms with Gasteiger partial charge in [0, 0.05) is 24.9 Å². The predicted octanol–water partition coefficient (Wildman–Crippen LogP) is 4.64. The van der Waals surface area contributed by atoms with E-state index in [1.165, 1.54) is 0 Å². The van der Waals surface area contributed by atoms with Crippen molar-refractivity contribution in [3.8, 4) is 11.5 Å². The van der Waals surface area contributed by atoms with Crippen molar-refractivity contribution in [2.45, 2.75) is 39.0 Å². The first-order chi connectivity index (χ1) is 22.5. The fraction of sp³-hybridized carbons (Fsp3) is 0.281. The molecule has 3 aromatic carbocycles. The minimum absolute atomic E-state index is 0.000551. The van der Waals surface area contributed by atoms with Gasteiger partial charge in [-0.05, 0) is 53.4 Å². The summed E-state index contributed by atoms with van der Waals surface area (Å²) in [5.74, 6) is -2.98. The van der Waals surface area contributed by atoms with Gasteiger partial charge in [-0.3, -0.25) is 10.2 Å². The van der Waals surface area contributed by atoms with E-state index in [1.807, 2.05) is 36.4 Å². The third kappa shape index (κ3) is 11.4. The van der Waals surface area contributed by atoms with Crippen molar-refractivity contribution in [1.29, 1.82) is 5.41 Å². The number of nitrogens with zero attached hydrogens (tertiary/aromatic N) is 1. The normalized spacial score (nSPS) is 14.9. The summed E-state index contributed by atoms with van der Waals surface area (Å²) in [5.41, 5.74) is 8.90. The summed E-state index contributed by atoms with van der Waals surface area (Å²) in [6.07, 6.45) is -4.06. The second-order valence-corrected chi connectivity index (χ2v) is 10.1. The molecule has 1 unspecified atom stereocenters. The SMILES string of the molecule is CCC(=O)O.COc1ccc(CCNC(=O)[N+]2([O-])CCc3cc(OCc4ccc(C(=N)N)cc4)ccc3C2=O)cc1.O=C(O)C(F)(F)F. The highest BCUT2D eigenvalue weighted by molar-refractivity contribution is 5.98. The highest BCUT2D eigenvalue weighted by Crippen LogP contribution is 2.28. The average molecular weight is 677 g/mol. The van der Waals surface area contributed by atoms with Gasteiger partial charge in [0.1, 0.15) is 23.9 Å². The Kier molecular flexibility index (Phi) is 14.1. The number of nitrogens with two attached hydrogens (primary N) is 1. The lowest BCUT2D eigenvalue weighted by molar-refractivity contribution is -0.714. The van der Waals surface area contributed by atoms with Crippen LogP contribution in [0.25, 0.3) is 0 Å². The Balaban J connectivity index is 0.000000570. The predicted molar refractivity (Wildman–Crippen MR) is 166 cm³/mol. The number of amides is 3. The van der Waals surface area contributed by atoms with Crippen LogP contribution >= 0.6 is 0 Å². The van der Waals surface area contributed by atoms with Crippen LogP contribution < -0.4 is 20.5 Å². The number of benzene rings is 3. The lowest BCUT2D eigenvalue weighted by atomic mass is 9.98. The van der Waals surface area contributed by atoms with Gasteiger partial charge in [0.05, 0.1) is 19.2 Å². The van der Waals surface area contributed by atoms with Crippen molar-refractivity contribution in [1.82, 2.24) is 5.32 Å². The van der Waals surface area contributed by atoms with Crippen molar-refractivity contribution < 1.29 is 56.7 Å². The average Bonchev–Trinajstić information content (AvgIpc) is 3.06. The van der Waals surface area contributed by atoms with E-state index in [2.05, 4.69) is 5.32 Å². The first-order valence-corrected chi connectivity index (χ1v) is 14.3. The third-order valence-electron chi connectivity index (χ3n) is 6.72. The molecule has 0 aromatic heterocycles. The number of nitrogens with one attached hydrogen (secondary N) is 2. The van der Waals surface area contributed by atoms with Gasteiger partial charge >= 0.3 is 30.1 Å². The molecule has 0 saturated carbocycles. The molecule has 13 nitrogen and oxygen atoms in total. The fourth-order valence-corrected chi connectivity index (χ4v) is 4.02. The third-order valence-corrected chi connectivity index (χ3v) is 6.72. The highest BCUT2D eigenvalue weighted by Gasteiger charge is 2.41. The number of urea groups is 1. The molecule has 3 amide bonds. The fourth-order valence-electron chi connectivity index (χ4n) is 4.02. The molecule has 258 valence electrons. The molecule has 0 radical (unpaired) electrons.